The van der Waals surface area contributed by atoms with Crippen molar-refractivity contribution in [1.82, 2.24) is 20.0 Å². The monoisotopic (exact) mass is 327 g/mol. The normalized spacial score (nSPS) is 11.5. The third-order valence-corrected chi connectivity index (χ3v) is 3.53. The topological polar surface area (TPSA) is 78.0 Å². The van der Waals surface area contributed by atoms with Crippen molar-refractivity contribution < 1.29 is 9.15 Å². The van der Waals surface area contributed by atoms with Crippen LogP contribution in [0.15, 0.2) is 41.1 Å². The minimum Gasteiger partial charge on any atom is -0.497 e. The Morgan fingerprint density at radius 1 is 1.17 bits per heavy atom. The van der Waals surface area contributed by atoms with Crippen LogP contribution < -0.4 is 10.1 Å². The zero-order chi connectivity index (χ0) is 17.2. The lowest BCUT2D eigenvalue weighted by Crippen LogP contribution is -2.21. The summed E-state index contributed by atoms with van der Waals surface area (Å²) in [5, 5.41) is 15.6. The molecule has 1 N–H and O–H groups in total. The Labute approximate surface area is 140 Å². The van der Waals surface area contributed by atoms with Gasteiger partial charge in [-0.3, -0.25) is 4.68 Å². The second kappa shape index (κ2) is 6.35. The van der Waals surface area contributed by atoms with Crippen molar-refractivity contribution in [1.29, 1.82) is 0 Å². The smallest absolute Gasteiger partial charge is 0.316 e. The molecular formula is C17H21N5O2. The van der Waals surface area contributed by atoms with E-state index in [1.54, 1.807) is 7.11 Å². The molecule has 0 spiro atoms. The summed E-state index contributed by atoms with van der Waals surface area (Å²) in [4.78, 5) is 0. The second-order valence-corrected chi connectivity index (χ2v) is 6.46. The summed E-state index contributed by atoms with van der Waals surface area (Å²) < 4.78 is 12.7. The maximum Gasteiger partial charge on any atom is 0.316 e. The molecule has 0 aliphatic carbocycles. The molecule has 0 saturated heterocycles. The number of ether oxygens (including phenoxy) is 1. The summed E-state index contributed by atoms with van der Waals surface area (Å²) in [5.41, 5.74) is 1.86. The largest absolute Gasteiger partial charge is 0.497 e. The number of benzene rings is 1. The van der Waals surface area contributed by atoms with E-state index in [1.165, 1.54) is 0 Å². The van der Waals surface area contributed by atoms with E-state index in [-0.39, 0.29) is 5.54 Å². The highest BCUT2D eigenvalue weighted by Crippen LogP contribution is 2.22. The third-order valence-electron chi connectivity index (χ3n) is 3.53. The molecule has 0 fully saturated rings. The average Bonchev–Trinajstić information content (AvgIpc) is 3.22. The molecule has 2 aromatic heterocycles. The van der Waals surface area contributed by atoms with E-state index in [4.69, 9.17) is 9.15 Å². The summed E-state index contributed by atoms with van der Waals surface area (Å²) in [7, 11) is 1.63. The number of aromatic nitrogens is 4. The Morgan fingerprint density at radius 2 is 1.92 bits per heavy atom. The first-order valence-electron chi connectivity index (χ1n) is 7.71. The predicted octanol–water partition coefficient (Wildman–Crippen LogP) is 3.31. The van der Waals surface area contributed by atoms with Crippen LogP contribution in [0.4, 0.5) is 6.01 Å². The van der Waals surface area contributed by atoms with Crippen LogP contribution in [-0.2, 0) is 12.1 Å². The first-order valence-corrected chi connectivity index (χ1v) is 7.71. The highest BCUT2D eigenvalue weighted by molar-refractivity contribution is 5.54. The molecule has 0 aliphatic rings. The minimum absolute atomic E-state index is 0.0374. The van der Waals surface area contributed by atoms with Crippen molar-refractivity contribution in [3.8, 4) is 17.2 Å². The van der Waals surface area contributed by atoms with E-state index in [9.17, 15) is 0 Å². The molecular weight excluding hydrogens is 306 g/mol. The van der Waals surface area contributed by atoms with E-state index >= 15 is 0 Å². The van der Waals surface area contributed by atoms with Crippen LogP contribution in [0.1, 0.15) is 26.3 Å². The molecule has 0 unspecified atom stereocenters. The number of anilines is 1. The number of nitrogens with one attached hydrogen (secondary N) is 1. The van der Waals surface area contributed by atoms with Crippen molar-refractivity contribution in [2.45, 2.75) is 32.9 Å². The zero-order valence-corrected chi connectivity index (χ0v) is 14.3. The molecule has 126 valence electrons. The molecule has 0 saturated carbocycles. The summed E-state index contributed by atoms with van der Waals surface area (Å²) >= 11 is 0. The summed E-state index contributed by atoms with van der Waals surface area (Å²) in [6.07, 6.45) is 3.84. The van der Waals surface area contributed by atoms with Gasteiger partial charge in [-0.1, -0.05) is 5.10 Å². The lowest BCUT2D eigenvalue weighted by molar-refractivity contribution is 0.355. The molecule has 3 rings (SSSR count). The molecule has 1 aromatic carbocycles. The zero-order valence-electron chi connectivity index (χ0n) is 14.3. The number of hydrogen-bond acceptors (Lipinski definition) is 6. The maximum atomic E-state index is 5.64. The third kappa shape index (κ3) is 3.56. The van der Waals surface area contributed by atoms with Crippen LogP contribution >= 0.6 is 0 Å². The molecule has 24 heavy (non-hydrogen) atoms. The quantitative estimate of drug-likeness (QED) is 0.774. The molecule has 0 atom stereocenters. The van der Waals surface area contributed by atoms with Gasteiger partial charge in [0.2, 0.25) is 5.89 Å². The lowest BCUT2D eigenvalue weighted by atomic mass is 10.1. The fourth-order valence-corrected chi connectivity index (χ4v) is 2.14. The molecule has 0 aliphatic heterocycles. The first-order chi connectivity index (χ1) is 11.5. The fraction of sp³-hybridized carbons (Fsp3) is 0.353. The van der Waals surface area contributed by atoms with Crippen LogP contribution in [0.3, 0.4) is 0 Å². The van der Waals surface area contributed by atoms with Crippen LogP contribution in [0.5, 0.6) is 5.75 Å². The lowest BCUT2D eigenvalue weighted by Gasteiger charge is -2.18. The first kappa shape index (κ1) is 16.0. The highest BCUT2D eigenvalue weighted by Gasteiger charge is 2.14. The molecule has 7 heteroatoms. The van der Waals surface area contributed by atoms with Crippen molar-refractivity contribution in [3.05, 3.63) is 42.2 Å². The van der Waals surface area contributed by atoms with Crippen molar-refractivity contribution in [2.75, 3.05) is 12.4 Å². The number of methoxy groups -OCH3 is 1. The van der Waals surface area contributed by atoms with E-state index in [0.717, 1.165) is 16.9 Å². The molecule has 0 bridgehead atoms. The van der Waals surface area contributed by atoms with Gasteiger partial charge in [0.15, 0.2) is 0 Å². The van der Waals surface area contributed by atoms with Crippen molar-refractivity contribution in [2.24, 2.45) is 0 Å². The Bertz CT molecular complexity index is 799. The van der Waals surface area contributed by atoms with Gasteiger partial charge in [-0.2, -0.15) is 5.10 Å². The van der Waals surface area contributed by atoms with E-state index in [0.29, 0.717) is 18.5 Å². The van der Waals surface area contributed by atoms with Crippen molar-refractivity contribution >= 4 is 6.01 Å². The molecule has 3 aromatic rings. The molecule has 7 nitrogen and oxygen atoms in total. The van der Waals surface area contributed by atoms with Crippen LogP contribution in [0, 0.1) is 0 Å². The van der Waals surface area contributed by atoms with E-state index in [2.05, 4.69) is 41.4 Å². The Morgan fingerprint density at radius 3 is 2.54 bits per heavy atom. The second-order valence-electron chi connectivity index (χ2n) is 6.46. The Kier molecular flexibility index (Phi) is 4.24. The average molecular weight is 327 g/mol. The fourth-order valence-electron chi connectivity index (χ4n) is 2.14. The Balaban J connectivity index is 1.64. The van der Waals surface area contributed by atoms with Gasteiger partial charge in [0.25, 0.3) is 0 Å². The van der Waals surface area contributed by atoms with E-state index < -0.39 is 0 Å². The number of rotatable bonds is 5. The van der Waals surface area contributed by atoms with Crippen LogP contribution in [0.2, 0.25) is 0 Å². The van der Waals surface area contributed by atoms with Gasteiger partial charge in [-0.05, 0) is 45.0 Å². The predicted molar refractivity (Wildman–Crippen MR) is 90.8 cm³/mol. The van der Waals surface area contributed by atoms with Crippen molar-refractivity contribution in [3.63, 3.8) is 0 Å². The van der Waals surface area contributed by atoms with Gasteiger partial charge < -0.3 is 14.5 Å². The van der Waals surface area contributed by atoms with Gasteiger partial charge in [-0.25, -0.2) is 0 Å². The maximum absolute atomic E-state index is 5.64. The highest BCUT2D eigenvalue weighted by atomic mass is 16.5. The SMILES string of the molecule is COc1ccc(-c2nnc(NCc3cnn(C(C)(C)C)c3)o2)cc1. The molecule has 2 heterocycles. The van der Waals surface area contributed by atoms with Crippen LogP contribution in [0.25, 0.3) is 11.5 Å². The van der Waals surface area contributed by atoms with Gasteiger partial charge in [0.05, 0.1) is 18.8 Å². The van der Waals surface area contributed by atoms with E-state index in [1.807, 2.05) is 41.3 Å². The standard InChI is InChI=1S/C17H21N5O2/c1-17(2,3)22-11-12(10-19-22)9-18-16-21-20-15(24-16)13-5-7-14(23-4)8-6-13/h5-8,10-11H,9H2,1-4H3,(H,18,21). The van der Waals surface area contributed by atoms with Gasteiger partial charge in [0.1, 0.15) is 5.75 Å². The van der Waals surface area contributed by atoms with Crippen LogP contribution in [-0.4, -0.2) is 27.1 Å². The minimum atomic E-state index is -0.0374. The number of nitrogens with zero attached hydrogens (tertiary/aromatic N) is 4. The summed E-state index contributed by atoms with van der Waals surface area (Å²) in [5.74, 6) is 1.25. The van der Waals surface area contributed by atoms with Gasteiger partial charge >= 0.3 is 6.01 Å². The Hall–Kier alpha value is -2.83. The summed E-state index contributed by atoms with van der Waals surface area (Å²) in [6, 6.07) is 7.85. The molecule has 0 amide bonds. The van der Waals surface area contributed by atoms with Gasteiger partial charge in [-0.15, -0.1) is 5.10 Å². The van der Waals surface area contributed by atoms with Gasteiger partial charge in [0, 0.05) is 23.9 Å². The molecule has 0 radical (unpaired) electrons. The summed E-state index contributed by atoms with van der Waals surface area (Å²) in [6.45, 7) is 6.89. The number of hydrogen-bond donors (Lipinski definition) is 1.